The maximum atomic E-state index is 13.3. The molecular formula is C15H19FN2S. The summed E-state index contributed by atoms with van der Waals surface area (Å²) in [6.07, 6.45) is 2.09. The zero-order chi connectivity index (χ0) is 13.7. The number of hydrogen-bond donors (Lipinski definition) is 0. The molecule has 4 heteroatoms. The first-order chi connectivity index (χ1) is 9.22. The zero-order valence-electron chi connectivity index (χ0n) is 11.2. The number of thioether (sulfide) groups is 1. The van der Waals surface area contributed by atoms with Gasteiger partial charge in [0.05, 0.1) is 11.8 Å². The van der Waals surface area contributed by atoms with Crippen LogP contribution in [0, 0.1) is 17.1 Å². The van der Waals surface area contributed by atoms with E-state index in [-0.39, 0.29) is 5.82 Å². The van der Waals surface area contributed by atoms with Crippen molar-refractivity contribution in [1.29, 1.82) is 5.26 Å². The molecule has 1 atom stereocenters. The molecule has 0 unspecified atom stereocenters. The molecule has 1 aliphatic rings. The fourth-order valence-electron chi connectivity index (χ4n) is 2.63. The summed E-state index contributed by atoms with van der Waals surface area (Å²) in [5.41, 5.74) is 2.42. The molecule has 0 amide bonds. The summed E-state index contributed by atoms with van der Waals surface area (Å²) < 4.78 is 13.3. The van der Waals surface area contributed by atoms with Crippen molar-refractivity contribution in [3.05, 3.63) is 35.1 Å². The Kier molecular flexibility index (Phi) is 5.24. The van der Waals surface area contributed by atoms with Crippen LogP contribution in [0.2, 0.25) is 0 Å². The van der Waals surface area contributed by atoms with Gasteiger partial charge in [-0.3, -0.25) is 4.90 Å². The molecule has 1 aromatic rings. The number of halogens is 1. The predicted molar refractivity (Wildman–Crippen MR) is 77.6 cm³/mol. The molecule has 19 heavy (non-hydrogen) atoms. The van der Waals surface area contributed by atoms with E-state index in [1.54, 1.807) is 23.9 Å². The van der Waals surface area contributed by atoms with Gasteiger partial charge in [-0.2, -0.15) is 5.26 Å². The maximum Gasteiger partial charge on any atom is 0.123 e. The second kappa shape index (κ2) is 6.93. The van der Waals surface area contributed by atoms with Crippen LogP contribution in [-0.2, 0) is 6.42 Å². The van der Waals surface area contributed by atoms with E-state index in [0.717, 1.165) is 37.2 Å². The minimum atomic E-state index is -0.142. The molecule has 0 saturated carbocycles. The fourth-order valence-corrected chi connectivity index (χ4v) is 3.20. The molecule has 0 N–H and O–H groups in total. The Labute approximate surface area is 118 Å². The second-order valence-corrected chi connectivity index (χ2v) is 5.97. The van der Waals surface area contributed by atoms with Gasteiger partial charge in [0.2, 0.25) is 0 Å². The Morgan fingerprint density at radius 3 is 3.16 bits per heavy atom. The Morgan fingerprint density at radius 2 is 2.37 bits per heavy atom. The van der Waals surface area contributed by atoms with Crippen molar-refractivity contribution in [2.45, 2.75) is 25.8 Å². The highest BCUT2D eigenvalue weighted by Crippen LogP contribution is 2.29. The number of rotatable bonds is 5. The summed E-state index contributed by atoms with van der Waals surface area (Å²) in [5, 5.41) is 8.47. The van der Waals surface area contributed by atoms with Gasteiger partial charge in [0.1, 0.15) is 5.82 Å². The quantitative estimate of drug-likeness (QED) is 0.773. The molecule has 0 spiro atoms. The average molecular weight is 278 g/mol. The molecule has 1 aromatic carbocycles. The van der Waals surface area contributed by atoms with Gasteiger partial charge in [0.25, 0.3) is 0 Å². The van der Waals surface area contributed by atoms with E-state index in [9.17, 15) is 4.39 Å². The van der Waals surface area contributed by atoms with Crippen molar-refractivity contribution in [2.75, 3.05) is 24.6 Å². The molecule has 0 aromatic heterocycles. The largest absolute Gasteiger partial charge is 0.296 e. The van der Waals surface area contributed by atoms with Gasteiger partial charge in [0, 0.05) is 12.6 Å². The van der Waals surface area contributed by atoms with E-state index in [4.69, 9.17) is 5.26 Å². The molecular weight excluding hydrogens is 259 g/mol. The van der Waals surface area contributed by atoms with Gasteiger partial charge >= 0.3 is 0 Å². The van der Waals surface area contributed by atoms with Crippen LogP contribution in [0.15, 0.2) is 18.2 Å². The molecule has 102 valence electrons. The minimum absolute atomic E-state index is 0.142. The summed E-state index contributed by atoms with van der Waals surface area (Å²) in [6, 6.07) is 7.58. The van der Waals surface area contributed by atoms with E-state index >= 15 is 0 Å². The number of nitrogens with zero attached hydrogens (tertiary/aromatic N) is 2. The van der Waals surface area contributed by atoms with E-state index in [0.29, 0.717) is 11.8 Å². The summed E-state index contributed by atoms with van der Waals surface area (Å²) in [5.74, 6) is 1.45. The minimum Gasteiger partial charge on any atom is -0.296 e. The highest BCUT2D eigenvalue weighted by Gasteiger charge is 2.23. The van der Waals surface area contributed by atoms with Crippen molar-refractivity contribution >= 4 is 11.8 Å². The molecule has 0 saturated heterocycles. The zero-order valence-corrected chi connectivity index (χ0v) is 12.0. The summed E-state index contributed by atoms with van der Waals surface area (Å²) in [4.78, 5) is 2.41. The van der Waals surface area contributed by atoms with Crippen molar-refractivity contribution in [1.82, 2.24) is 4.90 Å². The van der Waals surface area contributed by atoms with Crippen molar-refractivity contribution in [3.8, 4) is 6.07 Å². The van der Waals surface area contributed by atoms with Gasteiger partial charge in [0.15, 0.2) is 0 Å². The Hall–Kier alpha value is -1.05. The van der Waals surface area contributed by atoms with Gasteiger partial charge < -0.3 is 0 Å². The van der Waals surface area contributed by atoms with Crippen LogP contribution >= 0.6 is 11.8 Å². The van der Waals surface area contributed by atoms with E-state index < -0.39 is 0 Å². The Bertz CT molecular complexity index is 470. The monoisotopic (exact) mass is 278 g/mol. The average Bonchev–Trinajstić information content (AvgIpc) is 2.41. The molecule has 2 nitrogen and oxygen atoms in total. The third kappa shape index (κ3) is 3.71. The summed E-state index contributed by atoms with van der Waals surface area (Å²) in [6.45, 7) is 4.22. The Morgan fingerprint density at radius 1 is 1.53 bits per heavy atom. The predicted octanol–water partition coefficient (Wildman–Crippen LogP) is 3.39. The molecule has 0 fully saturated rings. The smallest absolute Gasteiger partial charge is 0.123 e. The van der Waals surface area contributed by atoms with E-state index in [1.807, 2.05) is 6.07 Å². The van der Waals surface area contributed by atoms with Crippen molar-refractivity contribution in [3.63, 3.8) is 0 Å². The third-order valence-corrected chi connectivity index (χ3v) is 4.59. The topological polar surface area (TPSA) is 27.0 Å². The van der Waals surface area contributed by atoms with Gasteiger partial charge in [-0.15, -0.1) is 11.8 Å². The third-order valence-electron chi connectivity index (χ3n) is 3.67. The van der Waals surface area contributed by atoms with Gasteiger partial charge in [-0.25, -0.2) is 4.39 Å². The van der Waals surface area contributed by atoms with Crippen LogP contribution in [0.25, 0.3) is 0 Å². The molecule has 1 aliphatic heterocycles. The lowest BCUT2D eigenvalue weighted by atomic mass is 9.93. The van der Waals surface area contributed by atoms with Crippen LogP contribution in [0.1, 0.15) is 30.5 Å². The first kappa shape index (κ1) is 14.4. The highest BCUT2D eigenvalue weighted by atomic mass is 32.2. The van der Waals surface area contributed by atoms with Crippen LogP contribution in [-0.4, -0.2) is 29.5 Å². The van der Waals surface area contributed by atoms with Crippen LogP contribution < -0.4 is 0 Å². The molecule has 0 aliphatic carbocycles. The van der Waals surface area contributed by atoms with E-state index in [1.165, 1.54) is 5.56 Å². The van der Waals surface area contributed by atoms with Gasteiger partial charge in [-0.1, -0.05) is 6.07 Å². The lowest BCUT2D eigenvalue weighted by molar-refractivity contribution is 0.199. The van der Waals surface area contributed by atoms with Crippen LogP contribution in [0.5, 0.6) is 0 Å². The molecule has 0 bridgehead atoms. The first-order valence-corrected chi connectivity index (χ1v) is 7.85. The normalized spacial score (nSPS) is 18.9. The number of benzene rings is 1. The number of fused-ring (bicyclic) bond motifs is 1. The Balaban J connectivity index is 1.90. The molecule has 0 radical (unpaired) electrons. The van der Waals surface area contributed by atoms with Crippen LogP contribution in [0.4, 0.5) is 4.39 Å². The van der Waals surface area contributed by atoms with Gasteiger partial charge in [-0.05, 0) is 55.3 Å². The summed E-state index contributed by atoms with van der Waals surface area (Å²) >= 11 is 1.68. The fraction of sp³-hybridized carbons (Fsp3) is 0.533. The van der Waals surface area contributed by atoms with Crippen molar-refractivity contribution < 1.29 is 4.39 Å². The second-order valence-electron chi connectivity index (χ2n) is 4.87. The highest BCUT2D eigenvalue weighted by molar-refractivity contribution is 7.99. The molecule has 1 heterocycles. The van der Waals surface area contributed by atoms with Crippen LogP contribution in [0.3, 0.4) is 0 Å². The number of hydrogen-bond acceptors (Lipinski definition) is 3. The lowest BCUT2D eigenvalue weighted by Gasteiger charge is -2.35. The molecule has 2 rings (SSSR count). The standard InChI is InChI=1S/C15H19FN2S/c1-12-15-11-14(16)4-3-13(15)5-8-18(12)7-2-9-19-10-6-17/h3-4,11-12H,2,5,7-10H2,1H3/t12-/m0/s1. The maximum absolute atomic E-state index is 13.3. The first-order valence-electron chi connectivity index (χ1n) is 6.69. The summed E-state index contributed by atoms with van der Waals surface area (Å²) in [7, 11) is 0. The number of nitriles is 1. The SMILES string of the molecule is C[C@H]1c2cc(F)ccc2CCN1CCCSCC#N. The van der Waals surface area contributed by atoms with E-state index in [2.05, 4.69) is 17.9 Å². The lowest BCUT2D eigenvalue weighted by Crippen LogP contribution is -2.35. The van der Waals surface area contributed by atoms with Crippen molar-refractivity contribution in [2.24, 2.45) is 0 Å².